The highest BCUT2D eigenvalue weighted by atomic mass is 32.1. The van der Waals surface area contributed by atoms with E-state index in [2.05, 4.69) is 32.6 Å². The Labute approximate surface area is 425 Å². The molecule has 0 aliphatic carbocycles. The number of thiophene rings is 1. The van der Waals surface area contributed by atoms with Gasteiger partial charge in [0.1, 0.15) is 18.1 Å². The fourth-order valence-electron chi connectivity index (χ4n) is 11.3. The van der Waals surface area contributed by atoms with E-state index in [1.54, 1.807) is 16.5 Å². The lowest BCUT2D eigenvalue weighted by Crippen LogP contribution is -2.60. The summed E-state index contributed by atoms with van der Waals surface area (Å²) in [6.07, 6.45) is 3.48. The summed E-state index contributed by atoms with van der Waals surface area (Å²) in [6.45, 7) is 9.61. The maximum atomic E-state index is 15.2. The number of piperazine rings is 1. The van der Waals surface area contributed by atoms with Crippen LogP contribution in [0, 0.1) is 17.3 Å². The first-order chi connectivity index (χ1) is 34.5. The lowest BCUT2D eigenvalue weighted by molar-refractivity contribution is -0.149. The molecule has 9 rings (SSSR count). The van der Waals surface area contributed by atoms with Gasteiger partial charge in [-0.3, -0.25) is 52.8 Å². The molecule has 4 aliphatic rings. The largest absolute Gasteiger partial charge is 0.399 e. The Kier molecular flexibility index (Phi) is 14.5. The third-order valence-electron chi connectivity index (χ3n) is 15.5. The second-order valence-corrected chi connectivity index (χ2v) is 24.1. The van der Waals surface area contributed by atoms with Crippen LogP contribution in [0.3, 0.4) is 0 Å². The summed E-state index contributed by atoms with van der Waals surface area (Å²) in [5, 5.41) is 5.48. The van der Waals surface area contributed by atoms with E-state index >= 15 is 9.59 Å². The highest BCUT2D eigenvalue weighted by Crippen LogP contribution is 2.59. The van der Waals surface area contributed by atoms with Crippen molar-refractivity contribution < 1.29 is 47.1 Å². The second-order valence-electron chi connectivity index (χ2n) is 21.4. The third-order valence-corrected chi connectivity index (χ3v) is 17.6. The van der Waals surface area contributed by atoms with Gasteiger partial charge in [0.25, 0.3) is 5.91 Å². The van der Waals surface area contributed by atoms with E-state index in [9.17, 15) is 42.3 Å². The van der Waals surface area contributed by atoms with Crippen molar-refractivity contribution in [2.75, 3.05) is 46.3 Å². The van der Waals surface area contributed by atoms with Gasteiger partial charge in [-0.1, -0.05) is 63.2 Å². The minimum atomic E-state index is -5.83. The predicted octanol–water partition coefficient (Wildman–Crippen LogP) is 5.94. The number of likely N-dealkylation sites (N-methyl/N-ethyl adjacent to an activating group) is 1. The number of fused-ring (bicyclic) bond motifs is 2. The number of imide groups is 1. The van der Waals surface area contributed by atoms with E-state index in [1.807, 2.05) is 69.1 Å². The molecule has 0 radical (unpaired) electrons. The maximum absolute atomic E-state index is 15.2. The van der Waals surface area contributed by atoms with Gasteiger partial charge < -0.3 is 24.9 Å². The lowest BCUT2D eigenvalue weighted by atomic mass is 9.82. The number of piperidine rings is 2. The topological polar surface area (TPSA) is 207 Å². The van der Waals surface area contributed by atoms with Crippen LogP contribution in [0.1, 0.15) is 97.7 Å². The average Bonchev–Trinajstić information content (AvgIpc) is 4.04. The number of alkyl halides is 2. The van der Waals surface area contributed by atoms with Crippen LogP contribution in [0.25, 0.3) is 21.1 Å². The Morgan fingerprint density at radius 2 is 1.59 bits per heavy atom. The fourth-order valence-corrected chi connectivity index (χ4v) is 12.7. The van der Waals surface area contributed by atoms with E-state index in [0.29, 0.717) is 54.9 Å². The summed E-state index contributed by atoms with van der Waals surface area (Å²) in [5.41, 5.74) is -3.03. The zero-order valence-corrected chi connectivity index (χ0v) is 43.3. The second kappa shape index (κ2) is 20.2. The number of benzene rings is 3. The Morgan fingerprint density at radius 3 is 2.27 bits per heavy atom. The highest BCUT2D eigenvalue weighted by molar-refractivity contribution is 7.52. The number of nitrogens with zero attached hydrogens (tertiary/aromatic N) is 6. The van der Waals surface area contributed by atoms with E-state index in [1.165, 1.54) is 16.7 Å². The molecule has 4 saturated heterocycles. The number of halogens is 2. The van der Waals surface area contributed by atoms with Crippen LogP contribution in [0.4, 0.5) is 8.78 Å². The van der Waals surface area contributed by atoms with Crippen molar-refractivity contribution in [3.8, 4) is 0 Å². The summed E-state index contributed by atoms with van der Waals surface area (Å²) < 4.78 is 44.4. The Hall–Kier alpha value is -5.63. The Balaban J connectivity index is 0.919. The van der Waals surface area contributed by atoms with Gasteiger partial charge in [-0.2, -0.15) is 8.78 Å². The molecule has 0 bridgehead atoms. The molecular formula is C52H63F2N8O9PS. The SMILES string of the molecule is CN1CCN(C(=O)[C@@H]2[C@H](CC3CCN(Cc4ccc5c(c4)n(C)c(=O)n5C4CCC(=O)NC4=O)CC3)CCN2C(=O)[C@@H](NC(=O)c2cc3cc(C(F)(F)P(=O)(O)O)ccc3s2)C(C)(C)C)C[C@H]1c1ccccc1. The van der Waals surface area contributed by atoms with Gasteiger partial charge in [0.2, 0.25) is 23.6 Å². The van der Waals surface area contributed by atoms with Gasteiger partial charge in [0.15, 0.2) is 0 Å². The fraction of sp³-hybridized carbons (Fsp3) is 0.500. The molecule has 73 heavy (non-hydrogen) atoms. The van der Waals surface area contributed by atoms with Crippen LogP contribution in [0.5, 0.6) is 0 Å². The average molecular weight is 1050 g/mol. The molecule has 6 heterocycles. The first kappa shape index (κ1) is 52.2. The number of hydrogen-bond donors (Lipinski definition) is 4. The molecule has 5 aromatic rings. The predicted molar refractivity (Wildman–Crippen MR) is 272 cm³/mol. The molecule has 0 saturated carbocycles. The summed E-state index contributed by atoms with van der Waals surface area (Å²) >= 11 is 1.00. The van der Waals surface area contributed by atoms with Crippen molar-refractivity contribution in [1.29, 1.82) is 0 Å². The lowest BCUT2D eigenvalue weighted by Gasteiger charge is -2.43. The molecule has 4 fully saturated rings. The number of carbonyl (C=O) groups excluding carboxylic acids is 5. The molecule has 4 N–H and O–H groups in total. The van der Waals surface area contributed by atoms with E-state index in [4.69, 9.17) is 0 Å². The molecule has 2 aromatic heterocycles. The van der Waals surface area contributed by atoms with Crippen molar-refractivity contribution in [3.05, 3.63) is 105 Å². The summed E-state index contributed by atoms with van der Waals surface area (Å²) in [6, 6.07) is 17.7. The van der Waals surface area contributed by atoms with Crippen molar-refractivity contribution in [1.82, 2.24) is 39.4 Å². The zero-order chi connectivity index (χ0) is 52.3. The number of aromatic nitrogens is 2. The van der Waals surface area contributed by atoms with Gasteiger partial charge in [-0.25, -0.2) is 4.79 Å². The van der Waals surface area contributed by atoms with Crippen molar-refractivity contribution in [3.63, 3.8) is 0 Å². The minimum absolute atomic E-state index is 0.0508. The van der Waals surface area contributed by atoms with Gasteiger partial charge in [-0.15, -0.1) is 11.3 Å². The van der Waals surface area contributed by atoms with Crippen molar-refractivity contribution >= 4 is 69.6 Å². The van der Waals surface area contributed by atoms with E-state index in [0.717, 1.165) is 66.9 Å². The van der Waals surface area contributed by atoms with Gasteiger partial charge in [0.05, 0.1) is 22.0 Å². The smallest absolute Gasteiger partial charge is 0.339 e. The number of nitrogens with one attached hydrogen (secondary N) is 2. The Morgan fingerprint density at radius 1 is 0.863 bits per heavy atom. The molecule has 5 amide bonds. The van der Waals surface area contributed by atoms with E-state index in [-0.39, 0.29) is 58.5 Å². The quantitative estimate of drug-likeness (QED) is 0.0850. The van der Waals surface area contributed by atoms with Gasteiger partial charge in [0, 0.05) is 56.5 Å². The molecule has 3 aromatic carbocycles. The molecule has 5 atom stereocenters. The van der Waals surface area contributed by atoms with Crippen LogP contribution in [-0.4, -0.2) is 126 Å². The molecule has 0 spiro atoms. The number of carbonyl (C=O) groups is 5. The van der Waals surface area contributed by atoms with Crippen molar-refractivity contribution in [2.45, 2.75) is 95.7 Å². The number of aryl methyl sites for hydroxylation is 1. The number of amides is 5. The number of likely N-dealkylation sites (tertiary alicyclic amines) is 2. The van der Waals surface area contributed by atoms with Crippen LogP contribution in [0.15, 0.2) is 77.6 Å². The molecular weight excluding hydrogens is 982 g/mol. The van der Waals surface area contributed by atoms with E-state index < -0.39 is 60.1 Å². The standard InChI is InChI=1S/C52H63F2N8O9PS/c1-51(2,3)45(56-47(65)42-28-35-27-36(12-15-41(35)73-42)52(53,54)72(69,70)71)49(67)61-22-19-34(44(61)48(66)60-24-23-57(4)40(30-60)33-9-7-6-8-10-33)25-31-17-20-59(21-18-31)29-32-11-13-37-39(26-32)58(5)50(68)62(37)38-14-16-43(63)55-46(38)64/h6-13,15,26-28,31,34,38,40,44-45H,14,16-25,29-30H2,1-5H3,(H,56,65)(H,55,63,64)(H2,69,70,71)/t34-,38?,40-,44-,45+/m0/s1. The monoisotopic (exact) mass is 1040 g/mol. The number of rotatable bonds is 12. The summed E-state index contributed by atoms with van der Waals surface area (Å²) in [5.74, 6) is -1.84. The highest BCUT2D eigenvalue weighted by Gasteiger charge is 2.51. The van der Waals surface area contributed by atoms with Gasteiger partial charge in [-0.05, 0) is 116 Å². The molecule has 1 unspecified atom stereocenters. The van der Waals surface area contributed by atoms with Crippen LogP contribution in [0.2, 0.25) is 0 Å². The normalized spacial score (nSPS) is 22.5. The maximum Gasteiger partial charge on any atom is 0.399 e. The summed E-state index contributed by atoms with van der Waals surface area (Å²) in [4.78, 5) is 109. The molecule has 4 aliphatic heterocycles. The van der Waals surface area contributed by atoms with Crippen LogP contribution >= 0.6 is 18.9 Å². The zero-order valence-electron chi connectivity index (χ0n) is 41.6. The van der Waals surface area contributed by atoms with Crippen LogP contribution < -0.4 is 16.3 Å². The molecule has 17 nitrogen and oxygen atoms in total. The molecule has 21 heteroatoms. The minimum Gasteiger partial charge on any atom is -0.339 e. The number of imidazole rings is 1. The summed E-state index contributed by atoms with van der Waals surface area (Å²) in [7, 11) is -2.10. The number of hydrogen-bond acceptors (Lipinski definition) is 10. The Bertz CT molecular complexity index is 3070. The van der Waals surface area contributed by atoms with Crippen LogP contribution in [-0.2, 0) is 43.0 Å². The van der Waals surface area contributed by atoms with Gasteiger partial charge >= 0.3 is 18.9 Å². The van der Waals surface area contributed by atoms with Crippen molar-refractivity contribution in [2.24, 2.45) is 24.3 Å². The first-order valence-electron chi connectivity index (χ1n) is 24.9. The first-order valence-corrected chi connectivity index (χ1v) is 27.3. The third kappa shape index (κ3) is 10.4. The molecule has 390 valence electrons.